The average Bonchev–Trinajstić information content (AvgIpc) is 2.37. The van der Waals surface area contributed by atoms with Crippen LogP contribution in [0.1, 0.15) is 37.3 Å². The normalized spacial score (nSPS) is 13.8. The van der Waals surface area contributed by atoms with Crippen molar-refractivity contribution in [2.75, 3.05) is 0 Å². The van der Waals surface area contributed by atoms with Crippen molar-refractivity contribution in [3.63, 3.8) is 0 Å². The van der Waals surface area contributed by atoms with Crippen LogP contribution in [0, 0.1) is 12.8 Å². The van der Waals surface area contributed by atoms with Gasteiger partial charge in [-0.25, -0.2) is 5.48 Å². The van der Waals surface area contributed by atoms with Crippen LogP contribution >= 0.6 is 0 Å². The standard InChI is InChI=1S/C14H19NO3/c1-9-4-6-12(7-5-9)11(3)13(16)8-10(2)14(17)15-18/h4-7,10-11,18H,8H2,1-3H3,(H,15,17). The molecule has 0 aliphatic carbocycles. The van der Waals surface area contributed by atoms with E-state index in [9.17, 15) is 9.59 Å². The molecule has 0 saturated heterocycles. The van der Waals surface area contributed by atoms with Gasteiger partial charge in [0.25, 0.3) is 0 Å². The smallest absolute Gasteiger partial charge is 0.246 e. The second-order valence-electron chi connectivity index (χ2n) is 4.68. The lowest BCUT2D eigenvalue weighted by molar-refractivity contribution is -0.135. The Kier molecular flexibility index (Phi) is 5.04. The van der Waals surface area contributed by atoms with Crippen molar-refractivity contribution in [3.8, 4) is 0 Å². The molecule has 4 heteroatoms. The Morgan fingerprint density at radius 3 is 2.28 bits per heavy atom. The van der Waals surface area contributed by atoms with Crippen molar-refractivity contribution in [3.05, 3.63) is 35.4 Å². The number of nitrogens with one attached hydrogen (secondary N) is 1. The molecular weight excluding hydrogens is 230 g/mol. The van der Waals surface area contributed by atoms with E-state index >= 15 is 0 Å². The highest BCUT2D eigenvalue weighted by molar-refractivity contribution is 5.90. The monoisotopic (exact) mass is 249 g/mol. The summed E-state index contributed by atoms with van der Waals surface area (Å²) in [6, 6.07) is 7.77. The molecule has 0 fully saturated rings. The van der Waals surface area contributed by atoms with Crippen LogP contribution in [0.15, 0.2) is 24.3 Å². The summed E-state index contributed by atoms with van der Waals surface area (Å²) in [7, 11) is 0. The number of carbonyl (C=O) groups excluding carboxylic acids is 2. The van der Waals surface area contributed by atoms with E-state index < -0.39 is 11.8 Å². The van der Waals surface area contributed by atoms with E-state index in [0.717, 1.165) is 11.1 Å². The van der Waals surface area contributed by atoms with Gasteiger partial charge in [-0.1, -0.05) is 43.7 Å². The second-order valence-corrected chi connectivity index (χ2v) is 4.68. The van der Waals surface area contributed by atoms with Gasteiger partial charge in [-0.2, -0.15) is 0 Å². The first kappa shape index (κ1) is 14.4. The number of hydrogen-bond donors (Lipinski definition) is 2. The minimum Gasteiger partial charge on any atom is -0.299 e. The third kappa shape index (κ3) is 3.67. The predicted molar refractivity (Wildman–Crippen MR) is 68.3 cm³/mol. The molecule has 1 rings (SSSR count). The van der Waals surface area contributed by atoms with Gasteiger partial charge >= 0.3 is 0 Å². The fourth-order valence-corrected chi connectivity index (χ4v) is 1.72. The van der Waals surface area contributed by atoms with Gasteiger partial charge in [-0.05, 0) is 12.5 Å². The highest BCUT2D eigenvalue weighted by atomic mass is 16.5. The van der Waals surface area contributed by atoms with Gasteiger partial charge in [-0.3, -0.25) is 14.8 Å². The molecule has 0 aliphatic heterocycles. The summed E-state index contributed by atoms with van der Waals surface area (Å²) in [6.45, 7) is 5.44. The van der Waals surface area contributed by atoms with Crippen LogP contribution < -0.4 is 5.48 Å². The minimum absolute atomic E-state index is 0.00467. The van der Waals surface area contributed by atoms with Gasteiger partial charge in [0.2, 0.25) is 5.91 Å². The maximum Gasteiger partial charge on any atom is 0.246 e. The second kappa shape index (κ2) is 6.31. The van der Waals surface area contributed by atoms with Crippen LogP contribution in [-0.2, 0) is 9.59 Å². The number of hydrogen-bond acceptors (Lipinski definition) is 3. The number of benzene rings is 1. The lowest BCUT2D eigenvalue weighted by Crippen LogP contribution is -2.28. The molecular formula is C14H19NO3. The van der Waals surface area contributed by atoms with E-state index in [2.05, 4.69) is 0 Å². The third-order valence-corrected chi connectivity index (χ3v) is 3.13. The molecule has 0 spiro atoms. The molecule has 2 atom stereocenters. The summed E-state index contributed by atoms with van der Waals surface area (Å²) < 4.78 is 0. The summed E-state index contributed by atoms with van der Waals surface area (Å²) in [4.78, 5) is 23.1. The Morgan fingerprint density at radius 2 is 1.78 bits per heavy atom. The molecule has 0 heterocycles. The van der Waals surface area contributed by atoms with Gasteiger partial charge in [0.05, 0.1) is 0 Å². The molecule has 1 amide bonds. The van der Waals surface area contributed by atoms with Gasteiger partial charge in [0.1, 0.15) is 5.78 Å². The molecule has 0 aromatic heterocycles. The Bertz CT molecular complexity index is 425. The summed E-state index contributed by atoms with van der Waals surface area (Å²) in [5.41, 5.74) is 3.66. The van der Waals surface area contributed by atoms with Crippen molar-refractivity contribution in [2.45, 2.75) is 33.1 Å². The van der Waals surface area contributed by atoms with Crippen LogP contribution in [0.2, 0.25) is 0 Å². The first-order valence-corrected chi connectivity index (χ1v) is 5.99. The minimum atomic E-state index is -0.528. The topological polar surface area (TPSA) is 66.4 Å². The number of aryl methyl sites for hydroxylation is 1. The zero-order valence-corrected chi connectivity index (χ0v) is 10.9. The summed E-state index contributed by atoms with van der Waals surface area (Å²) >= 11 is 0. The quantitative estimate of drug-likeness (QED) is 0.621. The number of Topliss-reactive ketones (excluding diaryl/α,β-unsaturated/α-hetero) is 1. The van der Waals surface area contributed by atoms with Gasteiger partial charge in [-0.15, -0.1) is 0 Å². The lowest BCUT2D eigenvalue weighted by Gasteiger charge is -2.14. The molecule has 2 N–H and O–H groups in total. The maximum atomic E-state index is 12.0. The van der Waals surface area contributed by atoms with Crippen molar-refractivity contribution in [2.24, 2.45) is 5.92 Å². The van der Waals surface area contributed by atoms with Gasteiger partial charge in [0.15, 0.2) is 0 Å². The maximum absolute atomic E-state index is 12.0. The highest BCUT2D eigenvalue weighted by Crippen LogP contribution is 2.20. The Balaban J connectivity index is 2.67. The van der Waals surface area contributed by atoms with Crippen LogP contribution in [-0.4, -0.2) is 16.9 Å². The van der Waals surface area contributed by atoms with Crippen molar-refractivity contribution < 1.29 is 14.8 Å². The first-order chi connectivity index (χ1) is 8.45. The van der Waals surface area contributed by atoms with E-state index in [1.54, 1.807) is 12.4 Å². The van der Waals surface area contributed by atoms with Crippen molar-refractivity contribution in [1.29, 1.82) is 0 Å². The molecule has 98 valence electrons. The molecule has 2 unspecified atom stereocenters. The SMILES string of the molecule is Cc1ccc(C(C)C(=O)CC(C)C(=O)NO)cc1. The average molecular weight is 249 g/mol. The fraction of sp³-hybridized carbons (Fsp3) is 0.429. The Hall–Kier alpha value is -1.68. The van der Waals surface area contributed by atoms with E-state index in [0.29, 0.717) is 0 Å². The zero-order chi connectivity index (χ0) is 13.7. The number of hydroxylamine groups is 1. The van der Waals surface area contributed by atoms with E-state index in [-0.39, 0.29) is 18.1 Å². The third-order valence-electron chi connectivity index (χ3n) is 3.13. The first-order valence-electron chi connectivity index (χ1n) is 5.99. The fourth-order valence-electron chi connectivity index (χ4n) is 1.72. The number of amides is 1. The van der Waals surface area contributed by atoms with Gasteiger partial charge < -0.3 is 0 Å². The summed E-state index contributed by atoms with van der Waals surface area (Å²) in [5, 5.41) is 8.49. The van der Waals surface area contributed by atoms with Gasteiger partial charge in [0, 0.05) is 18.3 Å². The molecule has 18 heavy (non-hydrogen) atoms. The van der Waals surface area contributed by atoms with E-state index in [1.165, 1.54) is 0 Å². The van der Waals surface area contributed by atoms with E-state index in [1.807, 2.05) is 38.1 Å². The Labute approximate surface area is 107 Å². The molecule has 1 aromatic carbocycles. The summed E-state index contributed by atoms with van der Waals surface area (Å²) in [6.07, 6.45) is 0.126. The largest absolute Gasteiger partial charge is 0.299 e. The number of ketones is 1. The lowest BCUT2D eigenvalue weighted by atomic mass is 9.90. The molecule has 0 radical (unpaired) electrons. The van der Waals surface area contributed by atoms with Crippen molar-refractivity contribution in [1.82, 2.24) is 5.48 Å². The predicted octanol–water partition coefficient (Wildman–Crippen LogP) is 2.20. The Morgan fingerprint density at radius 1 is 1.22 bits per heavy atom. The molecule has 0 saturated carbocycles. The molecule has 0 aliphatic rings. The number of rotatable bonds is 5. The highest BCUT2D eigenvalue weighted by Gasteiger charge is 2.21. The number of carbonyl (C=O) groups is 2. The zero-order valence-electron chi connectivity index (χ0n) is 10.9. The van der Waals surface area contributed by atoms with Crippen LogP contribution in [0.4, 0.5) is 0 Å². The van der Waals surface area contributed by atoms with Crippen molar-refractivity contribution >= 4 is 11.7 Å². The van der Waals surface area contributed by atoms with Crippen LogP contribution in [0.25, 0.3) is 0 Å². The van der Waals surface area contributed by atoms with Crippen LogP contribution in [0.3, 0.4) is 0 Å². The van der Waals surface area contributed by atoms with Crippen LogP contribution in [0.5, 0.6) is 0 Å². The summed E-state index contributed by atoms with van der Waals surface area (Å²) in [5.74, 6) is -1.29. The molecule has 1 aromatic rings. The molecule has 0 bridgehead atoms. The van der Waals surface area contributed by atoms with E-state index in [4.69, 9.17) is 5.21 Å². The molecule has 4 nitrogen and oxygen atoms in total.